The minimum atomic E-state index is -0.220. The van der Waals surface area contributed by atoms with Crippen molar-refractivity contribution < 1.29 is 4.39 Å². The molecule has 4 heteroatoms. The van der Waals surface area contributed by atoms with Crippen molar-refractivity contribution in [2.75, 3.05) is 6.54 Å². The Morgan fingerprint density at radius 3 is 2.71 bits per heavy atom. The van der Waals surface area contributed by atoms with Crippen molar-refractivity contribution in [3.8, 4) is 10.6 Å². The van der Waals surface area contributed by atoms with Crippen molar-refractivity contribution in [2.24, 2.45) is 5.73 Å². The topological polar surface area (TPSA) is 38.9 Å². The molecule has 2 aromatic rings. The minimum Gasteiger partial charge on any atom is -0.330 e. The third kappa shape index (κ3) is 2.90. The molecule has 1 heterocycles. The van der Waals surface area contributed by atoms with Crippen molar-refractivity contribution in [3.63, 3.8) is 0 Å². The molecule has 0 fully saturated rings. The van der Waals surface area contributed by atoms with Gasteiger partial charge in [0.05, 0.1) is 5.69 Å². The molecular formula is C13H15FN2S. The Labute approximate surface area is 104 Å². The van der Waals surface area contributed by atoms with Crippen LogP contribution in [0.2, 0.25) is 0 Å². The largest absolute Gasteiger partial charge is 0.330 e. The van der Waals surface area contributed by atoms with Gasteiger partial charge in [-0.15, -0.1) is 11.3 Å². The van der Waals surface area contributed by atoms with Crippen LogP contribution in [0.4, 0.5) is 4.39 Å². The number of thiazole rings is 1. The van der Waals surface area contributed by atoms with E-state index in [1.807, 2.05) is 0 Å². The van der Waals surface area contributed by atoms with Crippen LogP contribution in [0.15, 0.2) is 29.6 Å². The Bertz CT molecular complexity index is 478. The maximum atomic E-state index is 12.8. The fourth-order valence-electron chi connectivity index (χ4n) is 1.64. The van der Waals surface area contributed by atoms with Gasteiger partial charge in [0.25, 0.3) is 0 Å². The first-order valence-corrected chi connectivity index (χ1v) is 6.50. The molecule has 90 valence electrons. The summed E-state index contributed by atoms with van der Waals surface area (Å²) in [5.74, 6) is 0.160. The molecule has 0 radical (unpaired) electrons. The van der Waals surface area contributed by atoms with Crippen LogP contribution in [0, 0.1) is 5.82 Å². The smallest absolute Gasteiger partial charge is 0.123 e. The number of rotatable bonds is 4. The molecule has 0 aliphatic heterocycles. The van der Waals surface area contributed by atoms with E-state index < -0.39 is 0 Å². The second-order valence-electron chi connectivity index (χ2n) is 4.06. The van der Waals surface area contributed by atoms with Gasteiger partial charge >= 0.3 is 0 Å². The van der Waals surface area contributed by atoms with Gasteiger partial charge in [-0.1, -0.05) is 6.92 Å². The Hall–Kier alpha value is -1.26. The standard InChI is InChI=1S/C13H15FN2S/c1-9(6-7-15)12-8-17-13(16-12)10-2-4-11(14)5-3-10/h2-5,8-9H,6-7,15H2,1H3. The van der Waals surface area contributed by atoms with Gasteiger partial charge < -0.3 is 5.73 Å². The van der Waals surface area contributed by atoms with E-state index in [-0.39, 0.29) is 5.82 Å². The predicted molar refractivity (Wildman–Crippen MR) is 69.6 cm³/mol. The minimum absolute atomic E-state index is 0.220. The Kier molecular flexibility index (Phi) is 3.86. The molecule has 1 atom stereocenters. The second-order valence-corrected chi connectivity index (χ2v) is 4.92. The number of hydrogen-bond donors (Lipinski definition) is 1. The summed E-state index contributed by atoms with van der Waals surface area (Å²) in [6.07, 6.45) is 0.937. The Morgan fingerprint density at radius 1 is 1.35 bits per heavy atom. The molecule has 0 aliphatic rings. The number of benzene rings is 1. The molecule has 0 spiro atoms. The molecule has 1 unspecified atom stereocenters. The van der Waals surface area contributed by atoms with Crippen molar-refractivity contribution >= 4 is 11.3 Å². The van der Waals surface area contributed by atoms with Crippen LogP contribution in [-0.2, 0) is 0 Å². The third-order valence-electron chi connectivity index (χ3n) is 2.72. The van der Waals surface area contributed by atoms with Crippen LogP contribution in [0.25, 0.3) is 10.6 Å². The normalized spacial score (nSPS) is 12.6. The average Bonchev–Trinajstić information content (AvgIpc) is 2.80. The zero-order valence-electron chi connectivity index (χ0n) is 9.69. The van der Waals surface area contributed by atoms with Crippen LogP contribution in [0.1, 0.15) is 25.0 Å². The van der Waals surface area contributed by atoms with Crippen molar-refractivity contribution in [1.29, 1.82) is 0 Å². The van der Waals surface area contributed by atoms with Gasteiger partial charge in [0, 0.05) is 16.9 Å². The van der Waals surface area contributed by atoms with E-state index >= 15 is 0 Å². The van der Waals surface area contributed by atoms with E-state index in [4.69, 9.17) is 5.73 Å². The van der Waals surface area contributed by atoms with Gasteiger partial charge in [0.15, 0.2) is 0 Å². The maximum absolute atomic E-state index is 12.8. The highest BCUT2D eigenvalue weighted by molar-refractivity contribution is 7.13. The summed E-state index contributed by atoms with van der Waals surface area (Å²) >= 11 is 1.59. The number of nitrogens with zero attached hydrogens (tertiary/aromatic N) is 1. The summed E-state index contributed by atoms with van der Waals surface area (Å²) in [6.45, 7) is 2.79. The lowest BCUT2D eigenvalue weighted by molar-refractivity contribution is 0.628. The first-order chi connectivity index (χ1) is 8.20. The summed E-state index contributed by atoms with van der Waals surface area (Å²) in [6, 6.07) is 6.43. The summed E-state index contributed by atoms with van der Waals surface area (Å²) < 4.78 is 12.8. The number of aromatic nitrogens is 1. The van der Waals surface area contributed by atoms with Crippen LogP contribution < -0.4 is 5.73 Å². The third-order valence-corrected chi connectivity index (χ3v) is 3.63. The fraction of sp³-hybridized carbons (Fsp3) is 0.308. The highest BCUT2D eigenvalue weighted by Crippen LogP contribution is 2.27. The zero-order chi connectivity index (χ0) is 12.3. The summed E-state index contributed by atoms with van der Waals surface area (Å²) in [5.41, 5.74) is 7.57. The molecular weight excluding hydrogens is 235 g/mol. The molecule has 0 aliphatic carbocycles. The van der Waals surface area contributed by atoms with E-state index in [0.717, 1.165) is 22.7 Å². The molecule has 2 nitrogen and oxygen atoms in total. The van der Waals surface area contributed by atoms with Gasteiger partial charge in [0.1, 0.15) is 10.8 Å². The second kappa shape index (κ2) is 5.38. The van der Waals surface area contributed by atoms with E-state index in [9.17, 15) is 4.39 Å². The lowest BCUT2D eigenvalue weighted by Gasteiger charge is -2.05. The maximum Gasteiger partial charge on any atom is 0.123 e. The molecule has 1 aromatic heterocycles. The fourth-order valence-corrected chi connectivity index (χ4v) is 2.58. The molecule has 2 N–H and O–H groups in total. The number of halogens is 1. The summed E-state index contributed by atoms with van der Waals surface area (Å²) in [7, 11) is 0. The number of hydrogen-bond acceptors (Lipinski definition) is 3. The van der Waals surface area contributed by atoms with Crippen LogP contribution in [-0.4, -0.2) is 11.5 Å². The quantitative estimate of drug-likeness (QED) is 0.903. The van der Waals surface area contributed by atoms with Crippen molar-refractivity contribution in [3.05, 3.63) is 41.2 Å². The summed E-state index contributed by atoms with van der Waals surface area (Å²) in [4.78, 5) is 4.57. The van der Waals surface area contributed by atoms with E-state index in [0.29, 0.717) is 12.5 Å². The van der Waals surface area contributed by atoms with E-state index in [1.54, 1.807) is 23.5 Å². The Balaban J connectivity index is 2.20. The molecule has 1 aromatic carbocycles. The average molecular weight is 250 g/mol. The summed E-state index contributed by atoms with van der Waals surface area (Å²) in [5, 5.41) is 2.99. The SMILES string of the molecule is CC(CCN)c1csc(-c2ccc(F)cc2)n1. The molecule has 0 saturated carbocycles. The van der Waals surface area contributed by atoms with Gasteiger partial charge in [-0.05, 0) is 37.2 Å². The van der Waals surface area contributed by atoms with Gasteiger partial charge in [0.2, 0.25) is 0 Å². The molecule has 17 heavy (non-hydrogen) atoms. The number of nitrogens with two attached hydrogens (primary N) is 1. The van der Waals surface area contributed by atoms with Gasteiger partial charge in [-0.2, -0.15) is 0 Å². The van der Waals surface area contributed by atoms with Crippen LogP contribution in [0.5, 0.6) is 0 Å². The highest BCUT2D eigenvalue weighted by Gasteiger charge is 2.10. The van der Waals surface area contributed by atoms with Gasteiger partial charge in [-0.3, -0.25) is 0 Å². The van der Waals surface area contributed by atoms with E-state index in [1.165, 1.54) is 12.1 Å². The predicted octanol–water partition coefficient (Wildman–Crippen LogP) is 3.40. The lowest BCUT2D eigenvalue weighted by atomic mass is 10.1. The highest BCUT2D eigenvalue weighted by atomic mass is 32.1. The Morgan fingerprint density at radius 2 is 2.06 bits per heavy atom. The van der Waals surface area contributed by atoms with Gasteiger partial charge in [-0.25, -0.2) is 9.37 Å². The molecule has 0 bridgehead atoms. The lowest BCUT2D eigenvalue weighted by Crippen LogP contribution is -2.04. The zero-order valence-corrected chi connectivity index (χ0v) is 10.5. The first-order valence-electron chi connectivity index (χ1n) is 5.62. The van der Waals surface area contributed by atoms with E-state index in [2.05, 4.69) is 17.3 Å². The molecule has 0 amide bonds. The monoisotopic (exact) mass is 250 g/mol. The molecule has 2 rings (SSSR count). The van der Waals surface area contributed by atoms with Crippen LogP contribution in [0.3, 0.4) is 0 Å². The van der Waals surface area contributed by atoms with Crippen molar-refractivity contribution in [2.45, 2.75) is 19.3 Å². The molecule has 0 saturated heterocycles. The van der Waals surface area contributed by atoms with Crippen LogP contribution >= 0.6 is 11.3 Å². The first kappa shape index (κ1) is 12.2. The van der Waals surface area contributed by atoms with Crippen molar-refractivity contribution in [1.82, 2.24) is 4.98 Å².